The van der Waals surface area contributed by atoms with Gasteiger partial charge >= 0.3 is 0 Å². The van der Waals surface area contributed by atoms with Gasteiger partial charge in [-0.15, -0.1) is 0 Å². The van der Waals surface area contributed by atoms with Crippen molar-refractivity contribution in [3.63, 3.8) is 0 Å². The summed E-state index contributed by atoms with van der Waals surface area (Å²) in [4.78, 5) is 15.2. The summed E-state index contributed by atoms with van der Waals surface area (Å²) in [5.41, 5.74) is 1.14. The average Bonchev–Trinajstić information content (AvgIpc) is 2.72. The van der Waals surface area contributed by atoms with Crippen LogP contribution in [0.5, 0.6) is 11.5 Å². The van der Waals surface area contributed by atoms with E-state index in [1.807, 2.05) is 54.3 Å². The smallest absolute Gasteiger partial charge is 0.231 e. The Morgan fingerprint density at radius 1 is 1.18 bits per heavy atom. The van der Waals surface area contributed by atoms with Crippen LogP contribution in [0.2, 0.25) is 5.02 Å². The van der Waals surface area contributed by atoms with Crippen LogP contribution in [0, 0.1) is 5.41 Å². The Balaban J connectivity index is 1.98. The summed E-state index contributed by atoms with van der Waals surface area (Å²) >= 11 is 6.04. The fourth-order valence-corrected chi connectivity index (χ4v) is 3.86. The molecule has 0 aliphatic carbocycles. The normalized spacial score (nSPS) is 22.2. The van der Waals surface area contributed by atoms with Crippen molar-refractivity contribution >= 4 is 17.5 Å². The van der Waals surface area contributed by atoms with E-state index in [4.69, 9.17) is 21.1 Å². The van der Waals surface area contributed by atoms with Gasteiger partial charge in [-0.25, -0.2) is 0 Å². The highest BCUT2D eigenvalue weighted by atomic mass is 35.5. The molecule has 28 heavy (non-hydrogen) atoms. The van der Waals surface area contributed by atoms with Gasteiger partial charge in [0.25, 0.3) is 0 Å². The molecule has 6 heteroatoms. The number of methoxy groups -OCH3 is 2. The van der Waals surface area contributed by atoms with Gasteiger partial charge < -0.3 is 19.5 Å². The van der Waals surface area contributed by atoms with E-state index in [0.717, 1.165) is 17.5 Å². The first kappa shape index (κ1) is 20.5. The number of piperidine rings is 1. The molecule has 3 rings (SSSR count). The number of ether oxygens (including phenoxy) is 2. The van der Waals surface area contributed by atoms with Crippen molar-refractivity contribution in [2.75, 3.05) is 20.8 Å². The van der Waals surface area contributed by atoms with Crippen LogP contribution < -0.4 is 9.47 Å². The van der Waals surface area contributed by atoms with Crippen molar-refractivity contribution in [2.45, 2.75) is 32.4 Å². The van der Waals surface area contributed by atoms with Crippen LogP contribution in [-0.2, 0) is 11.3 Å². The number of halogens is 1. The minimum Gasteiger partial charge on any atom is -0.497 e. The number of hydrogen-bond acceptors (Lipinski definition) is 4. The third-order valence-electron chi connectivity index (χ3n) is 5.56. The monoisotopic (exact) mass is 403 g/mol. The molecule has 2 unspecified atom stereocenters. The fraction of sp³-hybridized carbons (Fsp3) is 0.409. The molecule has 1 amide bonds. The molecule has 1 heterocycles. The SMILES string of the molecule is COc1ccc(CN2C(=O)C(C)(CO)CCC2c2ccc(Cl)cc2)c(OC)c1. The van der Waals surface area contributed by atoms with E-state index in [1.165, 1.54) is 0 Å². The van der Waals surface area contributed by atoms with E-state index in [2.05, 4.69) is 0 Å². The zero-order valence-electron chi connectivity index (χ0n) is 16.4. The second-order valence-electron chi connectivity index (χ2n) is 7.44. The number of aliphatic hydroxyl groups excluding tert-OH is 1. The Hall–Kier alpha value is -2.24. The Morgan fingerprint density at radius 2 is 1.89 bits per heavy atom. The Morgan fingerprint density at radius 3 is 2.50 bits per heavy atom. The van der Waals surface area contributed by atoms with Crippen LogP contribution in [0.4, 0.5) is 0 Å². The molecule has 0 radical (unpaired) electrons. The molecule has 0 aromatic heterocycles. The van der Waals surface area contributed by atoms with Gasteiger partial charge in [0, 0.05) is 23.2 Å². The van der Waals surface area contributed by atoms with Crippen LogP contribution in [-0.4, -0.2) is 36.7 Å². The minimum absolute atomic E-state index is 0.0564. The lowest BCUT2D eigenvalue weighted by atomic mass is 9.77. The van der Waals surface area contributed by atoms with E-state index in [-0.39, 0.29) is 18.6 Å². The second-order valence-corrected chi connectivity index (χ2v) is 7.87. The van der Waals surface area contributed by atoms with Crippen molar-refractivity contribution in [1.29, 1.82) is 0 Å². The standard InChI is InChI=1S/C22H26ClNO4/c1-22(14-25)11-10-19(15-4-7-17(23)8-5-15)24(21(22)26)13-16-6-9-18(27-2)12-20(16)28-3/h4-9,12,19,25H,10-11,13-14H2,1-3H3. The first-order valence-electron chi connectivity index (χ1n) is 9.30. The van der Waals surface area contributed by atoms with E-state index in [1.54, 1.807) is 14.2 Å². The maximum Gasteiger partial charge on any atom is 0.231 e. The molecule has 150 valence electrons. The van der Waals surface area contributed by atoms with E-state index >= 15 is 0 Å². The van der Waals surface area contributed by atoms with E-state index in [9.17, 15) is 9.90 Å². The molecule has 0 spiro atoms. The van der Waals surface area contributed by atoms with E-state index < -0.39 is 5.41 Å². The van der Waals surface area contributed by atoms with Crippen LogP contribution in [0.1, 0.15) is 36.9 Å². The van der Waals surface area contributed by atoms with Crippen molar-refractivity contribution in [3.05, 3.63) is 58.6 Å². The zero-order valence-corrected chi connectivity index (χ0v) is 17.2. The predicted octanol–water partition coefficient (Wildman–Crippen LogP) is 4.22. The van der Waals surface area contributed by atoms with Gasteiger partial charge in [0.05, 0.1) is 32.3 Å². The first-order valence-corrected chi connectivity index (χ1v) is 9.68. The Bertz CT molecular complexity index is 839. The molecule has 1 aliphatic heterocycles. The van der Waals surface area contributed by atoms with Crippen LogP contribution in [0.15, 0.2) is 42.5 Å². The summed E-state index contributed by atoms with van der Waals surface area (Å²) in [7, 11) is 3.21. The number of rotatable bonds is 6. The van der Waals surface area contributed by atoms with Crippen molar-refractivity contribution in [3.8, 4) is 11.5 Å². The van der Waals surface area contributed by atoms with Crippen molar-refractivity contribution in [1.82, 2.24) is 4.90 Å². The molecule has 1 saturated heterocycles. The number of carbonyl (C=O) groups is 1. The predicted molar refractivity (Wildman–Crippen MR) is 109 cm³/mol. The molecule has 0 saturated carbocycles. The molecular weight excluding hydrogens is 378 g/mol. The highest BCUT2D eigenvalue weighted by Crippen LogP contribution is 2.42. The molecule has 2 aromatic carbocycles. The zero-order chi connectivity index (χ0) is 20.3. The molecule has 5 nitrogen and oxygen atoms in total. The number of hydrogen-bond donors (Lipinski definition) is 1. The van der Waals surface area contributed by atoms with Crippen molar-refractivity contribution in [2.24, 2.45) is 5.41 Å². The van der Waals surface area contributed by atoms with Gasteiger partial charge in [-0.2, -0.15) is 0 Å². The van der Waals surface area contributed by atoms with Crippen LogP contribution in [0.25, 0.3) is 0 Å². The van der Waals surface area contributed by atoms with Crippen molar-refractivity contribution < 1.29 is 19.4 Å². The molecule has 1 N–H and O–H groups in total. The van der Waals surface area contributed by atoms with Crippen LogP contribution in [0.3, 0.4) is 0 Å². The van der Waals surface area contributed by atoms with E-state index in [0.29, 0.717) is 29.5 Å². The van der Waals surface area contributed by atoms with Gasteiger partial charge in [-0.05, 0) is 49.6 Å². The largest absolute Gasteiger partial charge is 0.497 e. The number of likely N-dealkylation sites (tertiary alicyclic amines) is 1. The third kappa shape index (κ3) is 3.96. The van der Waals surface area contributed by atoms with Gasteiger partial charge in [0.15, 0.2) is 0 Å². The molecule has 1 aliphatic rings. The quantitative estimate of drug-likeness (QED) is 0.784. The van der Waals surface area contributed by atoms with Gasteiger partial charge in [0.2, 0.25) is 5.91 Å². The average molecular weight is 404 g/mol. The third-order valence-corrected chi connectivity index (χ3v) is 5.81. The summed E-state index contributed by atoms with van der Waals surface area (Å²) in [5, 5.41) is 10.5. The molecule has 1 fully saturated rings. The maximum atomic E-state index is 13.3. The molecular formula is C22H26ClNO4. The van der Waals surface area contributed by atoms with Gasteiger partial charge in [-0.1, -0.05) is 23.7 Å². The number of carbonyl (C=O) groups excluding carboxylic acids is 1. The number of amides is 1. The fourth-order valence-electron chi connectivity index (χ4n) is 3.73. The lowest BCUT2D eigenvalue weighted by Crippen LogP contribution is -2.50. The second kappa shape index (κ2) is 8.41. The lowest BCUT2D eigenvalue weighted by Gasteiger charge is -2.44. The number of aliphatic hydroxyl groups is 1. The molecule has 0 bridgehead atoms. The highest BCUT2D eigenvalue weighted by Gasteiger charge is 2.44. The molecule has 2 atom stereocenters. The first-order chi connectivity index (χ1) is 13.4. The summed E-state index contributed by atoms with van der Waals surface area (Å²) in [6, 6.07) is 13.1. The number of nitrogens with zero attached hydrogens (tertiary/aromatic N) is 1. The summed E-state index contributed by atoms with van der Waals surface area (Å²) in [6.07, 6.45) is 1.40. The maximum absolute atomic E-state index is 13.3. The Kier molecular flexibility index (Phi) is 6.16. The number of benzene rings is 2. The minimum atomic E-state index is -0.775. The van der Waals surface area contributed by atoms with Gasteiger partial charge in [-0.3, -0.25) is 4.79 Å². The highest BCUT2D eigenvalue weighted by molar-refractivity contribution is 6.30. The molecule has 2 aromatic rings. The summed E-state index contributed by atoms with van der Waals surface area (Å²) < 4.78 is 10.8. The topological polar surface area (TPSA) is 59.0 Å². The lowest BCUT2D eigenvalue weighted by molar-refractivity contribution is -0.153. The van der Waals surface area contributed by atoms with Crippen LogP contribution >= 0.6 is 11.6 Å². The summed E-state index contributed by atoms with van der Waals surface area (Å²) in [5.74, 6) is 1.30. The Labute approximate surface area is 170 Å². The summed E-state index contributed by atoms with van der Waals surface area (Å²) in [6.45, 7) is 2.04. The van der Waals surface area contributed by atoms with Gasteiger partial charge in [0.1, 0.15) is 11.5 Å².